The molecule has 0 radical (unpaired) electrons. The Labute approximate surface area is 290 Å². The number of nitrogens with zero attached hydrogens (tertiary/aromatic N) is 3. The maximum Gasteiger partial charge on any atom is 0.416 e. The number of halogens is 7. The molecule has 2 aliphatic heterocycles. The smallest absolute Gasteiger partial charge is 0.398 e. The highest BCUT2D eigenvalue weighted by atomic mass is 35.5. The van der Waals surface area contributed by atoms with Crippen LogP contribution in [0.1, 0.15) is 49.9 Å². The van der Waals surface area contributed by atoms with Crippen LogP contribution in [0.4, 0.5) is 42.5 Å². The summed E-state index contributed by atoms with van der Waals surface area (Å²) in [5.74, 6) is 0. The molecule has 0 aromatic heterocycles. The van der Waals surface area contributed by atoms with Gasteiger partial charge in [0.25, 0.3) is 0 Å². The van der Waals surface area contributed by atoms with E-state index in [0.29, 0.717) is 44.8 Å². The minimum absolute atomic E-state index is 0.126. The molecule has 2 aromatic carbocycles. The lowest BCUT2D eigenvalue weighted by Crippen LogP contribution is -2.46. The monoisotopic (exact) mass is 728 g/mol. The van der Waals surface area contributed by atoms with Crippen LogP contribution in [-0.4, -0.2) is 98.9 Å². The molecule has 2 saturated heterocycles. The Morgan fingerprint density at radius 1 is 0.694 bits per heavy atom. The van der Waals surface area contributed by atoms with E-state index >= 15 is 0 Å². The lowest BCUT2D eigenvalue weighted by atomic mass is 10.1. The second kappa shape index (κ2) is 22.8. The molecule has 4 rings (SSSR count). The van der Waals surface area contributed by atoms with Gasteiger partial charge < -0.3 is 31.2 Å². The van der Waals surface area contributed by atoms with Crippen LogP contribution >= 0.6 is 11.6 Å². The van der Waals surface area contributed by atoms with Gasteiger partial charge in [-0.05, 0) is 74.7 Å². The summed E-state index contributed by atoms with van der Waals surface area (Å²) in [4.78, 5) is 16.7. The van der Waals surface area contributed by atoms with Gasteiger partial charge in [-0.2, -0.15) is 26.3 Å². The van der Waals surface area contributed by atoms with E-state index < -0.39 is 28.8 Å². The number of carbonyl (C=O) groups is 1. The van der Waals surface area contributed by atoms with Crippen molar-refractivity contribution in [3.63, 3.8) is 0 Å². The molecule has 0 aliphatic carbocycles. The second-order valence-electron chi connectivity index (χ2n) is 10.9. The number of rotatable bonds is 8. The topological polar surface area (TPSA) is 109 Å². The van der Waals surface area contributed by atoms with Crippen molar-refractivity contribution in [1.82, 2.24) is 20.0 Å². The normalized spacial score (nSPS) is 15.6. The van der Waals surface area contributed by atoms with Gasteiger partial charge in [0, 0.05) is 103 Å². The van der Waals surface area contributed by atoms with Gasteiger partial charge in [0.15, 0.2) is 0 Å². The summed E-state index contributed by atoms with van der Waals surface area (Å²) in [7, 11) is 0. The van der Waals surface area contributed by atoms with E-state index in [9.17, 15) is 31.1 Å². The third-order valence-corrected chi connectivity index (χ3v) is 7.62. The molecule has 0 atom stereocenters. The first kappa shape index (κ1) is 44.2. The number of ether oxygens (including phenoxy) is 2. The van der Waals surface area contributed by atoms with Crippen molar-refractivity contribution in [2.45, 2.75) is 53.1 Å². The molecule has 0 unspecified atom stereocenters. The summed E-state index contributed by atoms with van der Waals surface area (Å²) in [6, 6.07) is 6.96. The fourth-order valence-electron chi connectivity index (χ4n) is 4.67. The van der Waals surface area contributed by atoms with Crippen molar-refractivity contribution >= 4 is 28.3 Å². The number of amides is 1. The molecule has 0 bridgehead atoms. The van der Waals surface area contributed by atoms with E-state index in [1.54, 1.807) is 0 Å². The minimum atomic E-state index is -4.39. The molecule has 0 spiro atoms. The molecule has 2 aromatic rings. The van der Waals surface area contributed by atoms with E-state index in [0.717, 1.165) is 82.4 Å². The number of nitrogens with two attached hydrogens (primary N) is 2. The summed E-state index contributed by atoms with van der Waals surface area (Å²) >= 11 is 5.39. The zero-order chi connectivity index (χ0) is 37.0. The van der Waals surface area contributed by atoms with Gasteiger partial charge in [0.1, 0.15) is 0 Å². The van der Waals surface area contributed by atoms with Crippen LogP contribution in [-0.2, 0) is 34.9 Å². The summed E-state index contributed by atoms with van der Waals surface area (Å²) in [6.07, 6.45) is -8.72. The van der Waals surface area contributed by atoms with Crippen LogP contribution < -0.4 is 16.8 Å². The van der Waals surface area contributed by atoms with E-state index in [-0.39, 0.29) is 11.4 Å². The predicted molar refractivity (Wildman–Crippen MR) is 182 cm³/mol. The molecule has 2 aliphatic rings. The van der Waals surface area contributed by atoms with Crippen LogP contribution in [0.2, 0.25) is 0 Å². The van der Waals surface area contributed by atoms with Crippen molar-refractivity contribution < 1.29 is 40.6 Å². The molecule has 2 fully saturated rings. The van der Waals surface area contributed by atoms with Crippen molar-refractivity contribution in [3.8, 4) is 0 Å². The summed E-state index contributed by atoms with van der Waals surface area (Å²) in [5, 5.41) is 2.74. The van der Waals surface area contributed by atoms with Crippen molar-refractivity contribution in [1.29, 1.82) is 0 Å². The van der Waals surface area contributed by atoms with Crippen molar-refractivity contribution in [2.24, 2.45) is 0 Å². The number of hydrogen-bond acceptors (Lipinski definition) is 8. The first-order chi connectivity index (χ1) is 23.1. The maximum absolute atomic E-state index is 12.6. The van der Waals surface area contributed by atoms with E-state index in [1.807, 2.05) is 32.6 Å². The number of carbonyl (C=O) groups excluding carboxylic acids is 1. The fraction of sp³-hybridized carbons (Fsp3) is 0.606. The average molecular weight is 729 g/mol. The third-order valence-electron chi connectivity index (χ3n) is 7.38. The SMILES string of the molecule is CCOCC.CCOCC.Nc1cc(C(F)(F)F)ccc1CN1CCN(C(=O)Cl)CC1.Nc1cc(C(F)(F)F)ccc1CN1CCNCC1. The van der Waals surface area contributed by atoms with Gasteiger partial charge in [-0.3, -0.25) is 14.6 Å². The zero-order valence-electron chi connectivity index (χ0n) is 28.7. The van der Waals surface area contributed by atoms with Gasteiger partial charge in [-0.25, -0.2) is 0 Å². The minimum Gasteiger partial charge on any atom is -0.398 e. The Morgan fingerprint density at radius 2 is 1.06 bits per heavy atom. The van der Waals surface area contributed by atoms with Crippen LogP contribution in [0.25, 0.3) is 0 Å². The summed E-state index contributed by atoms with van der Waals surface area (Å²) in [5.41, 5.74) is 11.7. The number of hydrogen-bond donors (Lipinski definition) is 3. The molecule has 280 valence electrons. The number of anilines is 2. The molecule has 49 heavy (non-hydrogen) atoms. The lowest BCUT2D eigenvalue weighted by molar-refractivity contribution is -0.138. The Bertz CT molecular complexity index is 1210. The van der Waals surface area contributed by atoms with Crippen LogP contribution in [0.3, 0.4) is 0 Å². The highest BCUT2D eigenvalue weighted by molar-refractivity contribution is 6.62. The summed E-state index contributed by atoms with van der Waals surface area (Å²) < 4.78 is 84.8. The number of benzene rings is 2. The Morgan fingerprint density at radius 3 is 1.35 bits per heavy atom. The first-order valence-electron chi connectivity index (χ1n) is 16.2. The van der Waals surface area contributed by atoms with Gasteiger partial charge in [-0.1, -0.05) is 12.1 Å². The van der Waals surface area contributed by atoms with Crippen LogP contribution in [0, 0.1) is 0 Å². The Balaban J connectivity index is 0.000000387. The largest absolute Gasteiger partial charge is 0.416 e. The second-order valence-corrected chi connectivity index (χ2v) is 11.3. The maximum atomic E-state index is 12.6. The van der Waals surface area contributed by atoms with E-state index in [4.69, 9.17) is 32.5 Å². The standard InChI is InChI=1S/C13H15ClF3N3O.C12H16F3N3.2C4H10O/c14-12(21)20-5-3-19(4-6-20)8-9-1-2-10(7-11(9)18)13(15,16)17;13-12(14,15)10-2-1-9(11(16)7-10)8-18-5-3-17-4-6-18;2*1-3-5-4-2/h1-2,7H,3-6,8,18H2;1-2,7,17H,3-6,8,16H2;2*3-4H2,1-2H3. The number of piperazine rings is 2. The van der Waals surface area contributed by atoms with Crippen molar-refractivity contribution in [2.75, 3.05) is 90.3 Å². The molecule has 9 nitrogen and oxygen atoms in total. The number of nitrogens with one attached hydrogen (secondary N) is 1. The van der Waals surface area contributed by atoms with Gasteiger partial charge in [0.05, 0.1) is 11.1 Å². The molecule has 16 heteroatoms. The molecule has 0 saturated carbocycles. The highest BCUT2D eigenvalue weighted by Gasteiger charge is 2.32. The quantitative estimate of drug-likeness (QED) is 0.122. The Kier molecular flexibility index (Phi) is 20.6. The first-order valence-corrected chi connectivity index (χ1v) is 16.6. The van der Waals surface area contributed by atoms with E-state index in [2.05, 4.69) is 10.2 Å². The van der Waals surface area contributed by atoms with Gasteiger partial charge >= 0.3 is 17.7 Å². The van der Waals surface area contributed by atoms with Gasteiger partial charge in [0.2, 0.25) is 0 Å². The molecule has 5 N–H and O–H groups in total. The van der Waals surface area contributed by atoms with Gasteiger partial charge in [-0.15, -0.1) is 0 Å². The van der Waals surface area contributed by atoms with Crippen LogP contribution in [0.15, 0.2) is 36.4 Å². The molecular weight excluding hydrogens is 678 g/mol. The highest BCUT2D eigenvalue weighted by Crippen LogP contribution is 2.32. The summed E-state index contributed by atoms with van der Waals surface area (Å²) in [6.45, 7) is 18.2. The number of alkyl halides is 6. The van der Waals surface area contributed by atoms with Crippen LogP contribution in [0.5, 0.6) is 0 Å². The van der Waals surface area contributed by atoms with E-state index in [1.165, 1.54) is 17.0 Å². The average Bonchev–Trinajstić information content (AvgIpc) is 3.04. The Hall–Kier alpha value is -2.82. The van der Waals surface area contributed by atoms with Crippen molar-refractivity contribution in [3.05, 3.63) is 58.7 Å². The lowest BCUT2D eigenvalue weighted by Gasteiger charge is -2.33. The molecule has 2 heterocycles. The molecule has 1 amide bonds. The predicted octanol–water partition coefficient (Wildman–Crippen LogP) is 6.54. The number of nitrogen functional groups attached to an aromatic ring is 2. The zero-order valence-corrected chi connectivity index (χ0v) is 29.5. The third kappa shape index (κ3) is 17.6. The molecular formula is C33H51ClF6N6O3. The fourth-order valence-corrected chi connectivity index (χ4v) is 4.84.